The van der Waals surface area contributed by atoms with Crippen molar-refractivity contribution in [1.82, 2.24) is 19.6 Å². The smallest absolute Gasteiger partial charge is 0.395 e. The molecule has 0 fully saturated rings. The molecule has 1 aliphatic heterocycles. The summed E-state index contributed by atoms with van der Waals surface area (Å²) < 4.78 is 65.0. The average Bonchev–Trinajstić information content (AvgIpc) is 3.22. The van der Waals surface area contributed by atoms with Crippen molar-refractivity contribution in [2.24, 2.45) is 11.3 Å². The Morgan fingerprint density at radius 3 is 2.20 bits per heavy atom. The maximum atomic E-state index is 13.9. The Labute approximate surface area is 264 Å². The number of sulfonamides is 1. The zero-order valence-electron chi connectivity index (χ0n) is 26.8. The quantitative estimate of drug-likeness (QED) is 0.315. The molecule has 0 saturated carbocycles. The minimum Gasteiger partial charge on any atom is -0.395 e. The van der Waals surface area contributed by atoms with Crippen LogP contribution in [0.4, 0.5) is 8.78 Å². The Bertz CT molecular complexity index is 1430. The van der Waals surface area contributed by atoms with Crippen molar-refractivity contribution >= 4 is 21.8 Å². The van der Waals surface area contributed by atoms with E-state index in [1.165, 1.54) is 0 Å². The van der Waals surface area contributed by atoms with Crippen LogP contribution in [0.25, 0.3) is 0 Å². The van der Waals surface area contributed by atoms with Crippen molar-refractivity contribution in [2.45, 2.75) is 70.8 Å². The summed E-state index contributed by atoms with van der Waals surface area (Å²) in [6.45, 7) is 8.64. The molecule has 250 valence electrons. The molecule has 0 spiro atoms. The molecule has 0 aliphatic carbocycles. The summed E-state index contributed by atoms with van der Waals surface area (Å²) in [7, 11) is -0.980. The van der Waals surface area contributed by atoms with Crippen LogP contribution in [0.1, 0.15) is 46.6 Å². The van der Waals surface area contributed by atoms with Gasteiger partial charge in [-0.1, -0.05) is 65.0 Å². The number of carbonyl (C=O) groups is 2. The second kappa shape index (κ2) is 14.4. The van der Waals surface area contributed by atoms with Crippen LogP contribution < -0.4 is 14.9 Å². The number of aliphatic hydroxyl groups is 1. The van der Waals surface area contributed by atoms with Gasteiger partial charge in [0, 0.05) is 25.6 Å². The van der Waals surface area contributed by atoms with E-state index in [2.05, 4.69) is 14.9 Å². The van der Waals surface area contributed by atoms with Crippen molar-refractivity contribution in [3.63, 3.8) is 0 Å². The van der Waals surface area contributed by atoms with Gasteiger partial charge in [0.2, 0.25) is 15.9 Å². The Hall–Kier alpha value is -3.33. The number of likely N-dealkylation sites (N-methyl/N-ethyl adjacent to an activating group) is 1. The van der Waals surface area contributed by atoms with E-state index in [-0.39, 0.29) is 42.5 Å². The van der Waals surface area contributed by atoms with E-state index in [4.69, 9.17) is 0 Å². The summed E-state index contributed by atoms with van der Waals surface area (Å²) in [6, 6.07) is 11.1. The van der Waals surface area contributed by atoms with Crippen molar-refractivity contribution in [3.8, 4) is 11.5 Å². The fourth-order valence-electron chi connectivity index (χ4n) is 4.83. The zero-order chi connectivity index (χ0) is 33.7. The van der Waals surface area contributed by atoms with Gasteiger partial charge in [0.05, 0.1) is 23.6 Å². The summed E-state index contributed by atoms with van der Waals surface area (Å²) in [6.07, 6.45) is -5.29. The fourth-order valence-corrected chi connectivity index (χ4v) is 6.47. The van der Waals surface area contributed by atoms with Crippen LogP contribution in [0.3, 0.4) is 0 Å². The van der Waals surface area contributed by atoms with E-state index in [0.717, 1.165) is 33.1 Å². The minimum atomic E-state index is -4.37. The lowest BCUT2D eigenvalue weighted by Crippen LogP contribution is -2.60. The number of carbonyl (C=O) groups excluding carboxylic acids is 2. The topological polar surface area (TPSA) is 129 Å². The van der Waals surface area contributed by atoms with Crippen molar-refractivity contribution in [2.75, 3.05) is 33.7 Å². The van der Waals surface area contributed by atoms with Crippen LogP contribution in [-0.4, -0.2) is 91.7 Å². The largest absolute Gasteiger partial charge is 0.586 e. The number of nitrogens with zero attached hydrogens (tertiary/aromatic N) is 3. The monoisotopic (exact) mass is 654 g/mol. The van der Waals surface area contributed by atoms with Crippen LogP contribution in [0.2, 0.25) is 0 Å². The molecule has 11 nitrogen and oxygen atoms in total. The van der Waals surface area contributed by atoms with Gasteiger partial charge in [-0.15, -0.1) is 8.78 Å². The van der Waals surface area contributed by atoms with Gasteiger partial charge in [0.15, 0.2) is 11.5 Å². The van der Waals surface area contributed by atoms with Crippen molar-refractivity contribution in [1.29, 1.82) is 0 Å². The zero-order valence-corrected chi connectivity index (χ0v) is 27.6. The number of nitrogens with one attached hydrogen (secondary N) is 1. The molecular formula is C31H44F2N4O7S. The molecule has 1 heterocycles. The number of rotatable bonds is 13. The van der Waals surface area contributed by atoms with Gasteiger partial charge < -0.3 is 19.5 Å². The second-order valence-electron chi connectivity index (χ2n) is 13.1. The Morgan fingerprint density at radius 1 is 1.00 bits per heavy atom. The molecule has 3 rings (SSSR count). The van der Waals surface area contributed by atoms with Crippen LogP contribution in [0, 0.1) is 11.3 Å². The summed E-state index contributed by atoms with van der Waals surface area (Å²) in [5, 5.41) is 12.9. The summed E-state index contributed by atoms with van der Waals surface area (Å²) in [5.41, 5.74) is 2.94. The maximum absolute atomic E-state index is 13.9. The molecule has 0 bridgehead atoms. The van der Waals surface area contributed by atoms with Gasteiger partial charge in [-0.25, -0.2) is 13.4 Å². The number of aliphatic hydroxyl groups excluding tert-OH is 1. The molecule has 0 aromatic heterocycles. The molecule has 1 aliphatic rings. The number of hydrazine groups is 1. The number of benzene rings is 2. The average molecular weight is 655 g/mol. The normalized spacial score (nSPS) is 15.8. The van der Waals surface area contributed by atoms with E-state index >= 15 is 0 Å². The third kappa shape index (κ3) is 10.3. The van der Waals surface area contributed by atoms with Crippen molar-refractivity contribution in [3.05, 3.63) is 54.1 Å². The number of fused-ring (bicyclic) bond motifs is 1. The number of ether oxygens (including phenoxy) is 2. The number of hydrogen-bond acceptors (Lipinski definition) is 8. The lowest BCUT2D eigenvalue weighted by atomic mass is 9.91. The van der Waals surface area contributed by atoms with Crippen LogP contribution in [0.5, 0.6) is 11.5 Å². The molecule has 2 aromatic carbocycles. The van der Waals surface area contributed by atoms with Gasteiger partial charge in [-0.2, -0.15) is 4.31 Å². The van der Waals surface area contributed by atoms with E-state index < -0.39 is 58.0 Å². The molecule has 2 atom stereocenters. The molecule has 2 aromatic rings. The van der Waals surface area contributed by atoms with Crippen LogP contribution in [-0.2, 0) is 26.0 Å². The second-order valence-corrected chi connectivity index (χ2v) is 15.0. The Kier molecular flexibility index (Phi) is 11.6. The Morgan fingerprint density at radius 2 is 1.62 bits per heavy atom. The SMILES string of the molecule is CC(C)CN(C[C@@H](O)[C@H](Cc1ccccc1)N(NC(=O)CN(C)C)C(=O)CC(C)(C)C)S(=O)(=O)c1ccc2c(c1)OC(F)(F)O2. The Balaban J connectivity index is 2.03. The number of alkyl halides is 2. The van der Waals surface area contributed by atoms with Crippen LogP contribution in [0.15, 0.2) is 53.4 Å². The fraction of sp³-hybridized carbons (Fsp3) is 0.548. The van der Waals surface area contributed by atoms with Gasteiger partial charge in [0.1, 0.15) is 0 Å². The molecule has 0 unspecified atom stereocenters. The van der Waals surface area contributed by atoms with E-state index in [1.54, 1.807) is 57.1 Å². The molecular weight excluding hydrogens is 610 g/mol. The molecule has 0 radical (unpaired) electrons. The molecule has 14 heteroatoms. The first kappa shape index (κ1) is 36.1. The van der Waals surface area contributed by atoms with Crippen LogP contribution >= 0.6 is 0 Å². The molecule has 45 heavy (non-hydrogen) atoms. The first-order chi connectivity index (χ1) is 20.8. The molecule has 2 amide bonds. The lowest BCUT2D eigenvalue weighted by molar-refractivity contribution is -0.286. The standard InChI is InChI=1S/C31H44F2N4O7S/c1-21(2)18-36(45(41,42)23-13-14-26-27(16-23)44-31(32,33)43-26)19-25(38)24(15-22-11-9-8-10-12-22)37(29(40)17-30(3,4)5)34-28(39)20-35(6)7/h8-14,16,21,24-25,38H,15,17-20H2,1-7H3,(H,34,39)/t24-,25+/m0/s1. The van der Waals surface area contributed by atoms with Crippen molar-refractivity contribution < 1.29 is 41.4 Å². The van der Waals surface area contributed by atoms with Gasteiger partial charge in [0.25, 0.3) is 5.91 Å². The summed E-state index contributed by atoms with van der Waals surface area (Å²) in [5.74, 6) is -1.88. The first-order valence-electron chi connectivity index (χ1n) is 14.7. The van der Waals surface area contributed by atoms with E-state index in [9.17, 15) is 31.9 Å². The molecule has 0 saturated heterocycles. The highest BCUT2D eigenvalue weighted by Gasteiger charge is 2.44. The first-order valence-corrected chi connectivity index (χ1v) is 16.1. The van der Waals surface area contributed by atoms with Gasteiger partial charge in [-0.05, 0) is 49.5 Å². The third-order valence-electron chi connectivity index (χ3n) is 6.69. The predicted octanol–water partition coefficient (Wildman–Crippen LogP) is 3.48. The highest BCUT2D eigenvalue weighted by Crippen LogP contribution is 2.42. The minimum absolute atomic E-state index is 0.0308. The van der Waals surface area contributed by atoms with E-state index in [1.807, 2.05) is 26.8 Å². The number of hydrogen-bond donors (Lipinski definition) is 2. The third-order valence-corrected chi connectivity index (χ3v) is 8.52. The van der Waals surface area contributed by atoms with Gasteiger partial charge >= 0.3 is 6.29 Å². The highest BCUT2D eigenvalue weighted by molar-refractivity contribution is 7.89. The summed E-state index contributed by atoms with van der Waals surface area (Å²) in [4.78, 5) is 28.0. The maximum Gasteiger partial charge on any atom is 0.586 e. The number of amides is 2. The number of halogens is 2. The summed E-state index contributed by atoms with van der Waals surface area (Å²) >= 11 is 0. The highest BCUT2D eigenvalue weighted by atomic mass is 32.2. The lowest BCUT2D eigenvalue weighted by Gasteiger charge is -2.38. The predicted molar refractivity (Wildman–Crippen MR) is 164 cm³/mol. The van der Waals surface area contributed by atoms with E-state index in [0.29, 0.717) is 0 Å². The van der Waals surface area contributed by atoms with Gasteiger partial charge in [-0.3, -0.25) is 15.0 Å². The molecule has 2 N–H and O–H groups in total.